The molecular weight excluding hydrogens is 1100 g/mol. The van der Waals surface area contributed by atoms with Crippen LogP contribution in [0.15, 0.2) is 352 Å². The molecule has 0 spiro atoms. The molecule has 0 aliphatic rings. The number of rotatable bonds is 13. The van der Waals surface area contributed by atoms with E-state index in [2.05, 4.69) is 356 Å². The minimum Gasteiger partial charge on any atom is -0.308 e. The average molecular weight is 1160 g/mol. The van der Waals surface area contributed by atoms with E-state index in [0.717, 1.165) is 133 Å². The predicted molar refractivity (Wildman–Crippen MR) is 379 cm³/mol. The molecule has 0 fully saturated rings. The molecule has 0 radical (unpaired) electrons. The highest BCUT2D eigenvalue weighted by atomic mass is 15.0. The molecule has 4 nitrogen and oxygen atoms in total. The number of benzene rings is 14. The molecule has 0 atom stereocenters. The van der Waals surface area contributed by atoms with Crippen LogP contribution in [0.1, 0.15) is 0 Å². The SMILES string of the molecule is c1ccc(-c2ccc(-c3nc(-c4cc(-c5ccccc5)cc(-c5ccccc5)c4)nc(-c4cc(-c5ccc(-c6ccccc6)cc5)c(-n5c6ccc(-c7ccccc7)cc6c6cc(-c7ccccc7)ccc65)c(-c5ccc(-c6ccccc6)cc5)c4)n3)cc2)cc1. The molecule has 426 valence electrons. The third kappa shape index (κ3) is 10.8. The Bertz CT molecular complexity index is 4990. The van der Waals surface area contributed by atoms with Gasteiger partial charge in [-0.2, -0.15) is 0 Å². The van der Waals surface area contributed by atoms with Gasteiger partial charge in [0.25, 0.3) is 0 Å². The first-order valence-electron chi connectivity index (χ1n) is 31.0. The molecular formula is C87H58N4. The van der Waals surface area contributed by atoms with E-state index in [9.17, 15) is 0 Å². The molecule has 0 bridgehead atoms. The van der Waals surface area contributed by atoms with Crippen LogP contribution < -0.4 is 0 Å². The van der Waals surface area contributed by atoms with Crippen molar-refractivity contribution in [2.75, 3.05) is 0 Å². The molecule has 16 aromatic rings. The van der Waals surface area contributed by atoms with Crippen LogP contribution >= 0.6 is 0 Å². The molecule has 4 heteroatoms. The summed E-state index contributed by atoms with van der Waals surface area (Å²) in [5.74, 6) is 1.69. The Labute approximate surface area is 530 Å². The maximum Gasteiger partial charge on any atom is 0.164 e. The van der Waals surface area contributed by atoms with E-state index < -0.39 is 0 Å². The summed E-state index contributed by atoms with van der Waals surface area (Å²) in [5, 5.41) is 2.32. The Balaban J connectivity index is 0.991. The third-order valence-corrected chi connectivity index (χ3v) is 17.5. The zero-order valence-electron chi connectivity index (χ0n) is 49.8. The Morgan fingerprint density at radius 1 is 0.165 bits per heavy atom. The summed E-state index contributed by atoms with van der Waals surface area (Å²) >= 11 is 0. The first-order valence-corrected chi connectivity index (χ1v) is 31.0. The minimum absolute atomic E-state index is 0.552. The Morgan fingerprint density at radius 2 is 0.396 bits per heavy atom. The second-order valence-corrected chi connectivity index (χ2v) is 23.1. The number of fused-ring (bicyclic) bond motifs is 3. The van der Waals surface area contributed by atoms with Crippen LogP contribution in [0.2, 0.25) is 0 Å². The fourth-order valence-corrected chi connectivity index (χ4v) is 12.8. The standard InChI is InChI=1S/C87H58N4/c1-8-22-59(23-9-1)66-36-42-69(43-37-66)78-57-77(87-89-85(71-46-40-68(41-47-71)61-26-12-3-13-27-61)88-86(90-87)76-53-74(64-32-18-6-19-33-64)52-75(54-76)65-34-20-7-21-35-65)58-79(70-44-38-67(39-45-70)60-24-10-2-11-25-60)84(78)91-82-50-48-72(62-28-14-4-15-29-62)55-80(82)81-56-73(49-51-83(81)91)63-30-16-5-17-31-63/h1-58H. The van der Waals surface area contributed by atoms with Crippen molar-refractivity contribution in [2.45, 2.75) is 0 Å². The largest absolute Gasteiger partial charge is 0.308 e. The van der Waals surface area contributed by atoms with Gasteiger partial charge in [0.2, 0.25) is 0 Å². The zero-order valence-corrected chi connectivity index (χ0v) is 49.8. The molecule has 0 aliphatic carbocycles. The van der Waals surface area contributed by atoms with E-state index in [1.165, 1.54) is 11.1 Å². The Kier molecular flexibility index (Phi) is 14.2. The van der Waals surface area contributed by atoms with Gasteiger partial charge < -0.3 is 4.57 Å². The monoisotopic (exact) mass is 1160 g/mol. The van der Waals surface area contributed by atoms with Crippen molar-refractivity contribution in [2.24, 2.45) is 0 Å². The summed E-state index contributed by atoms with van der Waals surface area (Å²) in [6.07, 6.45) is 0. The van der Waals surface area contributed by atoms with Gasteiger partial charge in [-0.05, 0) is 144 Å². The molecule has 0 N–H and O–H groups in total. The van der Waals surface area contributed by atoms with Crippen molar-refractivity contribution in [3.8, 4) is 140 Å². The molecule has 91 heavy (non-hydrogen) atoms. The van der Waals surface area contributed by atoms with E-state index in [1.807, 2.05) is 0 Å². The van der Waals surface area contributed by atoms with Crippen LogP contribution in [-0.2, 0) is 0 Å². The van der Waals surface area contributed by atoms with E-state index >= 15 is 0 Å². The lowest BCUT2D eigenvalue weighted by atomic mass is 9.91. The average Bonchev–Trinajstić information content (AvgIpc) is 1.64. The highest BCUT2D eigenvalue weighted by Gasteiger charge is 2.25. The topological polar surface area (TPSA) is 43.6 Å². The first-order chi connectivity index (χ1) is 45.1. The van der Waals surface area contributed by atoms with Crippen LogP contribution in [0.3, 0.4) is 0 Å². The van der Waals surface area contributed by atoms with Crippen LogP contribution in [-0.4, -0.2) is 19.5 Å². The summed E-state index contributed by atoms with van der Waals surface area (Å²) in [6, 6.07) is 126. The Hall–Kier alpha value is -12.1. The highest BCUT2D eigenvalue weighted by Crippen LogP contribution is 2.46. The number of hydrogen-bond donors (Lipinski definition) is 0. The van der Waals surface area contributed by atoms with Gasteiger partial charge in [-0.3, -0.25) is 0 Å². The molecule has 0 saturated carbocycles. The normalized spacial score (nSPS) is 11.3. The van der Waals surface area contributed by atoms with Gasteiger partial charge in [0.1, 0.15) is 0 Å². The summed E-state index contributed by atoms with van der Waals surface area (Å²) in [6.45, 7) is 0. The van der Waals surface area contributed by atoms with Gasteiger partial charge in [0.15, 0.2) is 17.5 Å². The lowest BCUT2D eigenvalue weighted by molar-refractivity contribution is 1.07. The van der Waals surface area contributed by atoms with Crippen molar-refractivity contribution in [1.29, 1.82) is 0 Å². The van der Waals surface area contributed by atoms with Gasteiger partial charge >= 0.3 is 0 Å². The summed E-state index contributed by atoms with van der Waals surface area (Å²) in [5.41, 5.74) is 25.8. The molecule has 2 aromatic heterocycles. The van der Waals surface area contributed by atoms with Gasteiger partial charge in [-0.1, -0.05) is 297 Å². The molecule has 0 aliphatic heterocycles. The second-order valence-electron chi connectivity index (χ2n) is 23.1. The zero-order chi connectivity index (χ0) is 60.5. The number of nitrogens with zero attached hydrogens (tertiary/aromatic N) is 4. The van der Waals surface area contributed by atoms with Crippen LogP contribution in [0.25, 0.3) is 162 Å². The highest BCUT2D eigenvalue weighted by molar-refractivity contribution is 6.13. The molecule has 14 aromatic carbocycles. The van der Waals surface area contributed by atoms with Gasteiger partial charge in [0, 0.05) is 38.6 Å². The third-order valence-electron chi connectivity index (χ3n) is 17.5. The summed E-state index contributed by atoms with van der Waals surface area (Å²) in [7, 11) is 0. The van der Waals surface area contributed by atoms with Crippen LogP contribution in [0, 0.1) is 0 Å². The minimum atomic E-state index is 0.552. The van der Waals surface area contributed by atoms with Crippen molar-refractivity contribution >= 4 is 21.8 Å². The van der Waals surface area contributed by atoms with E-state index in [-0.39, 0.29) is 0 Å². The number of aromatic nitrogens is 4. The second kappa shape index (κ2) is 23.9. The first kappa shape index (κ1) is 54.3. The van der Waals surface area contributed by atoms with Crippen molar-refractivity contribution in [1.82, 2.24) is 19.5 Å². The number of hydrogen-bond acceptors (Lipinski definition) is 3. The van der Waals surface area contributed by atoms with Gasteiger partial charge in [-0.15, -0.1) is 0 Å². The lowest BCUT2D eigenvalue weighted by Gasteiger charge is -2.21. The lowest BCUT2D eigenvalue weighted by Crippen LogP contribution is -2.04. The van der Waals surface area contributed by atoms with Crippen LogP contribution in [0.5, 0.6) is 0 Å². The fourth-order valence-electron chi connectivity index (χ4n) is 12.8. The predicted octanol–water partition coefficient (Wildman–Crippen LogP) is 23.0. The maximum atomic E-state index is 5.65. The smallest absolute Gasteiger partial charge is 0.164 e. The van der Waals surface area contributed by atoms with E-state index in [4.69, 9.17) is 15.0 Å². The quantitative estimate of drug-likeness (QED) is 0.116. The Morgan fingerprint density at radius 3 is 0.725 bits per heavy atom. The maximum absolute atomic E-state index is 5.65. The van der Waals surface area contributed by atoms with Crippen molar-refractivity contribution < 1.29 is 0 Å². The molecule has 16 rings (SSSR count). The molecule has 0 saturated heterocycles. The summed E-state index contributed by atoms with van der Waals surface area (Å²) < 4.78 is 2.51. The van der Waals surface area contributed by atoms with Crippen molar-refractivity contribution in [3.05, 3.63) is 352 Å². The van der Waals surface area contributed by atoms with E-state index in [0.29, 0.717) is 17.5 Å². The van der Waals surface area contributed by atoms with E-state index in [1.54, 1.807) is 0 Å². The van der Waals surface area contributed by atoms with Gasteiger partial charge in [-0.25, -0.2) is 15.0 Å². The molecule has 0 unspecified atom stereocenters. The fraction of sp³-hybridized carbons (Fsp3) is 0. The summed E-state index contributed by atoms with van der Waals surface area (Å²) in [4.78, 5) is 16.7. The molecule has 0 amide bonds. The van der Waals surface area contributed by atoms with Crippen LogP contribution in [0.4, 0.5) is 0 Å². The molecule has 2 heterocycles. The van der Waals surface area contributed by atoms with Crippen molar-refractivity contribution in [3.63, 3.8) is 0 Å². The van der Waals surface area contributed by atoms with Gasteiger partial charge in [0.05, 0.1) is 16.7 Å².